The van der Waals surface area contributed by atoms with Crippen molar-refractivity contribution in [3.63, 3.8) is 0 Å². The number of ether oxygens (including phenoxy) is 1. The standard InChI is InChI=1S/C15H24ClNO/c1-5-8-17-10-15(3,4)11-18-14-7-6-13(16)9-12(14)2/h6-7,9,17H,5,8,10-11H2,1-4H3. The molecule has 0 amide bonds. The molecule has 18 heavy (non-hydrogen) atoms. The molecule has 1 rings (SSSR count). The minimum atomic E-state index is 0.126. The summed E-state index contributed by atoms with van der Waals surface area (Å²) in [5, 5.41) is 4.19. The summed E-state index contributed by atoms with van der Waals surface area (Å²) in [6.07, 6.45) is 1.16. The lowest BCUT2D eigenvalue weighted by Crippen LogP contribution is -2.34. The number of rotatable bonds is 7. The third-order valence-electron chi connectivity index (χ3n) is 2.79. The Labute approximate surface area is 116 Å². The highest BCUT2D eigenvalue weighted by atomic mass is 35.5. The molecule has 0 fully saturated rings. The van der Waals surface area contributed by atoms with Gasteiger partial charge in [-0.05, 0) is 43.7 Å². The molecule has 0 spiro atoms. The molecule has 0 radical (unpaired) electrons. The predicted molar refractivity (Wildman–Crippen MR) is 78.6 cm³/mol. The monoisotopic (exact) mass is 269 g/mol. The number of benzene rings is 1. The van der Waals surface area contributed by atoms with Crippen molar-refractivity contribution in [3.05, 3.63) is 28.8 Å². The summed E-state index contributed by atoms with van der Waals surface area (Å²) < 4.78 is 5.89. The van der Waals surface area contributed by atoms with Crippen LogP contribution in [0.3, 0.4) is 0 Å². The number of hydrogen-bond donors (Lipinski definition) is 1. The molecule has 1 N–H and O–H groups in total. The van der Waals surface area contributed by atoms with Crippen LogP contribution in [0.4, 0.5) is 0 Å². The van der Waals surface area contributed by atoms with Gasteiger partial charge in [0.15, 0.2) is 0 Å². The van der Waals surface area contributed by atoms with Gasteiger partial charge in [-0.3, -0.25) is 0 Å². The van der Waals surface area contributed by atoms with E-state index >= 15 is 0 Å². The Balaban J connectivity index is 2.48. The molecule has 1 aromatic carbocycles. The van der Waals surface area contributed by atoms with Crippen molar-refractivity contribution in [2.75, 3.05) is 19.7 Å². The SMILES string of the molecule is CCCNCC(C)(C)COc1ccc(Cl)cc1C. The van der Waals surface area contributed by atoms with Gasteiger partial charge < -0.3 is 10.1 Å². The van der Waals surface area contributed by atoms with Crippen LogP contribution >= 0.6 is 11.6 Å². The van der Waals surface area contributed by atoms with Crippen molar-refractivity contribution in [1.29, 1.82) is 0 Å². The zero-order valence-electron chi connectivity index (χ0n) is 11.8. The first-order valence-electron chi connectivity index (χ1n) is 6.54. The minimum Gasteiger partial charge on any atom is -0.493 e. The molecule has 0 saturated heterocycles. The Morgan fingerprint density at radius 1 is 1.33 bits per heavy atom. The molecule has 0 atom stereocenters. The van der Waals surface area contributed by atoms with Gasteiger partial charge >= 0.3 is 0 Å². The summed E-state index contributed by atoms with van der Waals surface area (Å²) in [5.41, 5.74) is 1.21. The highest BCUT2D eigenvalue weighted by Gasteiger charge is 2.18. The highest BCUT2D eigenvalue weighted by molar-refractivity contribution is 6.30. The van der Waals surface area contributed by atoms with Gasteiger partial charge in [-0.25, -0.2) is 0 Å². The van der Waals surface area contributed by atoms with E-state index in [-0.39, 0.29) is 5.41 Å². The van der Waals surface area contributed by atoms with E-state index in [1.54, 1.807) is 0 Å². The van der Waals surface area contributed by atoms with E-state index in [1.807, 2.05) is 25.1 Å². The van der Waals surface area contributed by atoms with E-state index in [0.717, 1.165) is 35.8 Å². The van der Waals surface area contributed by atoms with Crippen molar-refractivity contribution >= 4 is 11.6 Å². The minimum absolute atomic E-state index is 0.126. The Morgan fingerprint density at radius 3 is 2.67 bits per heavy atom. The fraction of sp³-hybridized carbons (Fsp3) is 0.600. The molecule has 0 saturated carbocycles. The van der Waals surface area contributed by atoms with E-state index in [4.69, 9.17) is 16.3 Å². The first-order valence-corrected chi connectivity index (χ1v) is 6.92. The molecule has 102 valence electrons. The van der Waals surface area contributed by atoms with Gasteiger partial charge in [0, 0.05) is 17.0 Å². The molecule has 0 aliphatic carbocycles. The van der Waals surface area contributed by atoms with Gasteiger partial charge in [-0.1, -0.05) is 32.4 Å². The molecule has 1 aromatic rings. The molecular formula is C15H24ClNO. The highest BCUT2D eigenvalue weighted by Crippen LogP contribution is 2.24. The van der Waals surface area contributed by atoms with Crippen LogP contribution in [0.5, 0.6) is 5.75 Å². The number of nitrogens with one attached hydrogen (secondary N) is 1. The third-order valence-corrected chi connectivity index (χ3v) is 3.02. The fourth-order valence-corrected chi connectivity index (χ4v) is 1.93. The maximum atomic E-state index is 5.93. The maximum Gasteiger partial charge on any atom is 0.122 e. The van der Waals surface area contributed by atoms with Crippen molar-refractivity contribution in [2.45, 2.75) is 34.1 Å². The summed E-state index contributed by atoms with van der Waals surface area (Å²) in [5.74, 6) is 0.919. The molecular weight excluding hydrogens is 246 g/mol. The van der Waals surface area contributed by atoms with Crippen LogP contribution in [-0.4, -0.2) is 19.7 Å². The van der Waals surface area contributed by atoms with E-state index in [9.17, 15) is 0 Å². The van der Waals surface area contributed by atoms with Gasteiger partial charge in [-0.2, -0.15) is 0 Å². The second-order valence-electron chi connectivity index (χ2n) is 5.54. The van der Waals surface area contributed by atoms with Crippen LogP contribution in [0, 0.1) is 12.3 Å². The summed E-state index contributed by atoms with van der Waals surface area (Å²) in [7, 11) is 0. The Morgan fingerprint density at radius 2 is 2.06 bits per heavy atom. The lowest BCUT2D eigenvalue weighted by Gasteiger charge is -2.25. The molecule has 0 unspecified atom stereocenters. The second-order valence-corrected chi connectivity index (χ2v) is 5.98. The van der Waals surface area contributed by atoms with Crippen LogP contribution < -0.4 is 10.1 Å². The normalized spacial score (nSPS) is 11.6. The van der Waals surface area contributed by atoms with Crippen molar-refractivity contribution < 1.29 is 4.74 Å². The zero-order valence-corrected chi connectivity index (χ0v) is 12.6. The molecule has 0 heterocycles. The van der Waals surface area contributed by atoms with Crippen molar-refractivity contribution in [3.8, 4) is 5.75 Å². The number of halogens is 1. The topological polar surface area (TPSA) is 21.3 Å². The molecule has 0 aromatic heterocycles. The fourth-order valence-electron chi connectivity index (χ4n) is 1.70. The molecule has 2 nitrogen and oxygen atoms in total. The van der Waals surface area contributed by atoms with E-state index < -0.39 is 0 Å². The Kier molecular flexibility index (Phi) is 5.97. The lowest BCUT2D eigenvalue weighted by molar-refractivity contribution is 0.176. The summed E-state index contributed by atoms with van der Waals surface area (Å²) >= 11 is 5.93. The summed E-state index contributed by atoms with van der Waals surface area (Å²) in [4.78, 5) is 0. The van der Waals surface area contributed by atoms with Crippen LogP contribution in [0.15, 0.2) is 18.2 Å². The van der Waals surface area contributed by atoms with Crippen LogP contribution in [-0.2, 0) is 0 Å². The molecule has 0 bridgehead atoms. The third kappa shape index (κ3) is 5.28. The van der Waals surface area contributed by atoms with E-state index in [2.05, 4.69) is 26.1 Å². The molecule has 3 heteroatoms. The van der Waals surface area contributed by atoms with Gasteiger partial charge in [0.05, 0.1) is 6.61 Å². The lowest BCUT2D eigenvalue weighted by atomic mass is 9.95. The largest absolute Gasteiger partial charge is 0.493 e. The average Bonchev–Trinajstić information content (AvgIpc) is 2.28. The number of aryl methyl sites for hydroxylation is 1. The quantitative estimate of drug-likeness (QED) is 0.754. The van der Waals surface area contributed by atoms with Crippen LogP contribution in [0.25, 0.3) is 0 Å². The molecule has 0 aliphatic rings. The van der Waals surface area contributed by atoms with Gasteiger partial charge in [0.2, 0.25) is 0 Å². The summed E-state index contributed by atoms with van der Waals surface area (Å²) in [6.45, 7) is 11.3. The van der Waals surface area contributed by atoms with E-state index in [0.29, 0.717) is 6.61 Å². The predicted octanol–water partition coefficient (Wildman–Crippen LogP) is 4.05. The Hall–Kier alpha value is -0.730. The first kappa shape index (κ1) is 15.3. The zero-order chi connectivity index (χ0) is 13.6. The maximum absolute atomic E-state index is 5.93. The number of hydrogen-bond acceptors (Lipinski definition) is 2. The van der Waals surface area contributed by atoms with Crippen LogP contribution in [0.2, 0.25) is 5.02 Å². The van der Waals surface area contributed by atoms with E-state index in [1.165, 1.54) is 0 Å². The van der Waals surface area contributed by atoms with Gasteiger partial charge in [0.25, 0.3) is 0 Å². The van der Waals surface area contributed by atoms with Crippen molar-refractivity contribution in [1.82, 2.24) is 5.32 Å². The van der Waals surface area contributed by atoms with Crippen molar-refractivity contribution in [2.24, 2.45) is 5.41 Å². The Bertz CT molecular complexity index is 377. The second kappa shape index (κ2) is 7.01. The summed E-state index contributed by atoms with van der Waals surface area (Å²) in [6, 6.07) is 5.73. The van der Waals surface area contributed by atoms with Crippen LogP contribution in [0.1, 0.15) is 32.8 Å². The molecule has 0 aliphatic heterocycles. The van der Waals surface area contributed by atoms with Gasteiger partial charge in [0.1, 0.15) is 5.75 Å². The first-order chi connectivity index (χ1) is 8.44. The van der Waals surface area contributed by atoms with Gasteiger partial charge in [-0.15, -0.1) is 0 Å². The average molecular weight is 270 g/mol. The smallest absolute Gasteiger partial charge is 0.122 e.